The second-order valence-electron chi connectivity index (χ2n) is 5.52. The van der Waals surface area contributed by atoms with Crippen LogP contribution in [-0.2, 0) is 6.42 Å². The molecule has 0 amide bonds. The zero-order valence-electron chi connectivity index (χ0n) is 10.2. The number of aryl methyl sites for hydroxylation is 1. The Morgan fingerprint density at radius 2 is 2.18 bits per heavy atom. The van der Waals surface area contributed by atoms with Crippen molar-refractivity contribution in [2.45, 2.75) is 32.2 Å². The molecule has 0 aromatic carbocycles. The molecule has 0 saturated carbocycles. The number of nitrogens with two attached hydrogens (primary N) is 1. The van der Waals surface area contributed by atoms with Crippen LogP contribution in [0.25, 0.3) is 0 Å². The molecule has 0 radical (unpaired) electrons. The molecule has 3 rings (SSSR count). The van der Waals surface area contributed by atoms with Crippen molar-refractivity contribution in [3.63, 3.8) is 0 Å². The van der Waals surface area contributed by atoms with Crippen molar-refractivity contribution in [3.8, 4) is 0 Å². The number of nitrogens with zero attached hydrogens (tertiary/aromatic N) is 2. The molecule has 2 heterocycles. The number of aromatic nitrogens is 1. The minimum absolute atomic E-state index is 0.159. The summed E-state index contributed by atoms with van der Waals surface area (Å²) in [5.41, 5.74) is 10.4. The van der Waals surface area contributed by atoms with Gasteiger partial charge in [-0.05, 0) is 42.7 Å². The van der Waals surface area contributed by atoms with Crippen LogP contribution in [0.3, 0.4) is 0 Å². The average molecular weight is 249 g/mol. The minimum Gasteiger partial charge on any atom is -0.323 e. The first-order chi connectivity index (χ1) is 8.11. The number of rotatable bonds is 0. The van der Waals surface area contributed by atoms with E-state index in [4.69, 9.17) is 5.73 Å². The molecule has 1 saturated heterocycles. The van der Waals surface area contributed by atoms with Crippen LogP contribution in [0, 0.1) is 12.3 Å². The summed E-state index contributed by atoms with van der Waals surface area (Å²) in [6.07, 6.45) is 5.27. The van der Waals surface area contributed by atoms with Crippen molar-refractivity contribution in [1.29, 1.82) is 0 Å². The Bertz CT molecular complexity index is 438. The number of fused-ring (bicyclic) bond motifs is 1. The summed E-state index contributed by atoms with van der Waals surface area (Å²) in [7, 11) is 0. The van der Waals surface area contributed by atoms with Crippen LogP contribution in [0.2, 0.25) is 0 Å². The van der Waals surface area contributed by atoms with Crippen molar-refractivity contribution >= 4 is 12.8 Å². The van der Waals surface area contributed by atoms with E-state index in [9.17, 15) is 0 Å². The molecule has 1 atom stereocenters. The molecule has 1 aromatic rings. The summed E-state index contributed by atoms with van der Waals surface area (Å²) in [5.74, 6) is 0. The Balaban J connectivity index is 1.93. The van der Waals surface area contributed by atoms with Gasteiger partial charge in [-0.1, -0.05) is 18.9 Å². The monoisotopic (exact) mass is 249 g/mol. The maximum Gasteiger partial charge on any atom is 0.0457 e. The third kappa shape index (κ3) is 1.79. The zero-order chi connectivity index (χ0) is 12.0. The molecular weight excluding hydrogens is 230 g/mol. The number of hydrogen-bond donors (Lipinski definition) is 2. The van der Waals surface area contributed by atoms with Gasteiger partial charge in [-0.25, -0.2) is 0 Å². The summed E-state index contributed by atoms with van der Waals surface area (Å²) in [5, 5.41) is 0. The highest BCUT2D eigenvalue weighted by molar-refractivity contribution is 7.77. The standard InChI is InChI=1S/C13H19N3S/c1-9-6-10-11(15-8-9)7-13(12(10)14)2-4-16(17)5-3-13/h6,8,12,17H,2-5,7,14H2,1H3/t12-/m1/s1. The van der Waals surface area contributed by atoms with E-state index in [1.807, 2.05) is 6.20 Å². The zero-order valence-corrected chi connectivity index (χ0v) is 11.1. The van der Waals surface area contributed by atoms with Crippen molar-refractivity contribution in [1.82, 2.24) is 9.29 Å². The predicted octanol–water partition coefficient (Wildman–Crippen LogP) is 1.87. The fraction of sp³-hybridized carbons (Fsp3) is 0.615. The normalized spacial score (nSPS) is 27.4. The van der Waals surface area contributed by atoms with E-state index in [2.05, 4.69) is 35.1 Å². The van der Waals surface area contributed by atoms with Gasteiger partial charge in [-0.3, -0.25) is 9.29 Å². The van der Waals surface area contributed by atoms with Gasteiger partial charge in [0.05, 0.1) is 0 Å². The van der Waals surface area contributed by atoms with Crippen molar-refractivity contribution in [2.75, 3.05) is 13.1 Å². The van der Waals surface area contributed by atoms with Crippen LogP contribution < -0.4 is 5.73 Å². The Hall–Kier alpha value is -0.580. The van der Waals surface area contributed by atoms with Gasteiger partial charge in [0.25, 0.3) is 0 Å². The van der Waals surface area contributed by atoms with E-state index >= 15 is 0 Å². The first-order valence-corrected chi connectivity index (χ1v) is 6.66. The Kier molecular flexibility index (Phi) is 2.69. The molecule has 1 aliphatic carbocycles. The lowest BCUT2D eigenvalue weighted by Crippen LogP contribution is -2.41. The third-order valence-electron chi connectivity index (χ3n) is 4.39. The summed E-state index contributed by atoms with van der Waals surface area (Å²) in [6, 6.07) is 2.38. The van der Waals surface area contributed by atoms with Crippen LogP contribution in [0.5, 0.6) is 0 Å². The molecule has 1 fully saturated rings. The highest BCUT2D eigenvalue weighted by Gasteiger charge is 2.46. The van der Waals surface area contributed by atoms with E-state index in [0.29, 0.717) is 0 Å². The molecule has 1 spiro atoms. The topological polar surface area (TPSA) is 42.1 Å². The van der Waals surface area contributed by atoms with Gasteiger partial charge in [0, 0.05) is 31.0 Å². The third-order valence-corrected chi connectivity index (χ3v) is 4.79. The maximum absolute atomic E-state index is 6.49. The molecular formula is C13H19N3S. The van der Waals surface area contributed by atoms with Gasteiger partial charge >= 0.3 is 0 Å². The smallest absolute Gasteiger partial charge is 0.0457 e. The molecule has 92 valence electrons. The van der Waals surface area contributed by atoms with Crippen LogP contribution in [-0.4, -0.2) is 22.4 Å². The van der Waals surface area contributed by atoms with E-state index in [-0.39, 0.29) is 11.5 Å². The highest BCUT2D eigenvalue weighted by Crippen LogP contribution is 2.50. The fourth-order valence-electron chi connectivity index (χ4n) is 3.24. The van der Waals surface area contributed by atoms with Crippen LogP contribution in [0.4, 0.5) is 0 Å². The first-order valence-electron chi connectivity index (χ1n) is 6.26. The lowest BCUT2D eigenvalue weighted by atomic mass is 9.74. The molecule has 1 aromatic heterocycles. The molecule has 4 heteroatoms. The SMILES string of the molecule is Cc1cnc2c(c1)[C@@H](N)C1(CCN(S)CC1)C2. The molecule has 0 unspecified atom stereocenters. The second-order valence-corrected chi connectivity index (χ2v) is 6.08. The molecule has 1 aliphatic heterocycles. The van der Waals surface area contributed by atoms with Gasteiger partial charge in [0.15, 0.2) is 0 Å². The van der Waals surface area contributed by atoms with E-state index in [0.717, 1.165) is 32.4 Å². The van der Waals surface area contributed by atoms with Crippen molar-refractivity contribution in [2.24, 2.45) is 11.1 Å². The second kappa shape index (κ2) is 3.97. The minimum atomic E-state index is 0.159. The highest BCUT2D eigenvalue weighted by atomic mass is 32.1. The van der Waals surface area contributed by atoms with Gasteiger partial charge in [-0.15, -0.1) is 0 Å². The molecule has 2 N–H and O–H groups in total. The largest absolute Gasteiger partial charge is 0.323 e. The van der Waals surface area contributed by atoms with E-state index in [1.165, 1.54) is 16.8 Å². The molecule has 3 nitrogen and oxygen atoms in total. The summed E-state index contributed by atoms with van der Waals surface area (Å²) in [4.78, 5) is 4.57. The first kappa shape index (κ1) is 11.5. The average Bonchev–Trinajstić information content (AvgIpc) is 2.58. The van der Waals surface area contributed by atoms with Crippen molar-refractivity contribution in [3.05, 3.63) is 29.1 Å². The lowest BCUT2D eigenvalue weighted by molar-refractivity contribution is 0.139. The van der Waals surface area contributed by atoms with Gasteiger partial charge in [-0.2, -0.15) is 0 Å². The number of piperidine rings is 1. The Morgan fingerprint density at radius 3 is 2.88 bits per heavy atom. The van der Waals surface area contributed by atoms with Gasteiger partial charge < -0.3 is 5.73 Å². The maximum atomic E-state index is 6.49. The van der Waals surface area contributed by atoms with Gasteiger partial charge in [0.1, 0.15) is 0 Å². The number of pyridine rings is 1. The Morgan fingerprint density at radius 1 is 1.47 bits per heavy atom. The summed E-state index contributed by atoms with van der Waals surface area (Å²) < 4.78 is 2.10. The van der Waals surface area contributed by atoms with Crippen LogP contribution >= 0.6 is 12.8 Å². The number of hydrogen-bond acceptors (Lipinski definition) is 4. The number of thiol groups is 1. The van der Waals surface area contributed by atoms with E-state index < -0.39 is 0 Å². The summed E-state index contributed by atoms with van der Waals surface area (Å²) in [6.45, 7) is 4.15. The Labute approximate surface area is 108 Å². The summed E-state index contributed by atoms with van der Waals surface area (Å²) >= 11 is 4.42. The molecule has 17 heavy (non-hydrogen) atoms. The molecule has 2 aliphatic rings. The lowest BCUT2D eigenvalue weighted by Gasteiger charge is -2.40. The van der Waals surface area contributed by atoms with Crippen LogP contribution in [0.15, 0.2) is 12.3 Å². The quantitative estimate of drug-likeness (QED) is 0.690. The van der Waals surface area contributed by atoms with Crippen molar-refractivity contribution < 1.29 is 0 Å². The van der Waals surface area contributed by atoms with Gasteiger partial charge in [0.2, 0.25) is 0 Å². The predicted molar refractivity (Wildman–Crippen MR) is 71.8 cm³/mol. The van der Waals surface area contributed by atoms with Crippen LogP contribution in [0.1, 0.15) is 35.7 Å². The molecule has 0 bridgehead atoms. The fourth-order valence-corrected chi connectivity index (χ4v) is 3.44. The van der Waals surface area contributed by atoms with E-state index in [1.54, 1.807) is 0 Å².